The van der Waals surface area contributed by atoms with Gasteiger partial charge in [0.2, 0.25) is 6.79 Å². The maximum absolute atomic E-state index is 9.29. The lowest BCUT2D eigenvalue weighted by atomic mass is 10.1. The SMILES string of the molecule is OCCCN1Cc2cc3cc4c(cc3nc2SC1=Nc1ccccc1)OCO4. The molecular weight excluding hydrogens is 374 g/mol. The minimum Gasteiger partial charge on any atom is -0.454 e. The Bertz CT molecular complexity index is 1060. The number of amidine groups is 1. The maximum Gasteiger partial charge on any atom is 0.231 e. The molecule has 0 bridgehead atoms. The van der Waals surface area contributed by atoms with Gasteiger partial charge in [0.25, 0.3) is 0 Å². The predicted molar refractivity (Wildman–Crippen MR) is 109 cm³/mol. The molecule has 2 aliphatic heterocycles. The zero-order valence-corrected chi connectivity index (χ0v) is 16.0. The highest BCUT2D eigenvalue weighted by atomic mass is 32.2. The van der Waals surface area contributed by atoms with Crippen LogP contribution in [-0.2, 0) is 6.54 Å². The summed E-state index contributed by atoms with van der Waals surface area (Å²) in [5.41, 5.74) is 2.95. The summed E-state index contributed by atoms with van der Waals surface area (Å²) in [5, 5.41) is 12.2. The first-order valence-corrected chi connectivity index (χ1v) is 10.0. The molecule has 7 heteroatoms. The number of aliphatic imine (C=N–C) groups is 1. The number of para-hydroxylation sites is 1. The van der Waals surface area contributed by atoms with Crippen LogP contribution in [0.25, 0.3) is 10.9 Å². The van der Waals surface area contributed by atoms with Crippen LogP contribution in [0.4, 0.5) is 5.69 Å². The number of nitrogens with zero attached hydrogens (tertiary/aromatic N) is 3. The zero-order valence-electron chi connectivity index (χ0n) is 15.2. The van der Waals surface area contributed by atoms with E-state index in [0.717, 1.165) is 50.4 Å². The van der Waals surface area contributed by atoms with Crippen LogP contribution in [0, 0.1) is 0 Å². The van der Waals surface area contributed by atoms with Crippen molar-refractivity contribution in [2.24, 2.45) is 4.99 Å². The third-order valence-corrected chi connectivity index (χ3v) is 5.81. The molecule has 28 heavy (non-hydrogen) atoms. The van der Waals surface area contributed by atoms with Crippen molar-refractivity contribution in [2.75, 3.05) is 19.9 Å². The van der Waals surface area contributed by atoms with Crippen molar-refractivity contribution in [1.29, 1.82) is 0 Å². The molecule has 0 saturated carbocycles. The van der Waals surface area contributed by atoms with Crippen LogP contribution in [0.15, 0.2) is 58.5 Å². The van der Waals surface area contributed by atoms with Gasteiger partial charge in [-0.05, 0) is 42.4 Å². The van der Waals surface area contributed by atoms with Gasteiger partial charge < -0.3 is 19.5 Å². The fourth-order valence-electron chi connectivity index (χ4n) is 3.36. The fourth-order valence-corrected chi connectivity index (χ4v) is 4.37. The number of hydrogen-bond donors (Lipinski definition) is 1. The Morgan fingerprint density at radius 3 is 2.75 bits per heavy atom. The van der Waals surface area contributed by atoms with E-state index in [9.17, 15) is 5.11 Å². The molecule has 0 radical (unpaired) electrons. The number of thioether (sulfide) groups is 1. The highest BCUT2D eigenvalue weighted by Gasteiger charge is 2.25. The standard InChI is InChI=1S/C21H19N3O3S/c25-8-4-7-24-12-15-9-14-10-18-19(27-13-26-18)11-17(14)23-20(15)28-21(24)22-16-5-2-1-3-6-16/h1-3,5-6,9-11,25H,4,7-8,12-13H2. The van der Waals surface area contributed by atoms with E-state index in [1.54, 1.807) is 11.8 Å². The minimum absolute atomic E-state index is 0.159. The summed E-state index contributed by atoms with van der Waals surface area (Å²) in [5.74, 6) is 1.50. The zero-order chi connectivity index (χ0) is 18.9. The monoisotopic (exact) mass is 393 g/mol. The molecule has 6 nitrogen and oxygen atoms in total. The molecule has 0 spiro atoms. The molecule has 1 N–H and O–H groups in total. The average Bonchev–Trinajstić information content (AvgIpc) is 3.17. The van der Waals surface area contributed by atoms with Crippen molar-refractivity contribution < 1.29 is 14.6 Å². The van der Waals surface area contributed by atoms with Gasteiger partial charge in [0.15, 0.2) is 16.7 Å². The summed E-state index contributed by atoms with van der Waals surface area (Å²) in [7, 11) is 0. The summed E-state index contributed by atoms with van der Waals surface area (Å²) in [6.07, 6.45) is 0.698. The van der Waals surface area contributed by atoms with Crippen LogP contribution in [0.3, 0.4) is 0 Å². The van der Waals surface area contributed by atoms with Gasteiger partial charge in [-0.3, -0.25) is 0 Å². The van der Waals surface area contributed by atoms with E-state index in [1.165, 1.54) is 0 Å². The van der Waals surface area contributed by atoms with E-state index in [2.05, 4.69) is 11.0 Å². The summed E-state index contributed by atoms with van der Waals surface area (Å²) >= 11 is 1.57. The topological polar surface area (TPSA) is 67.2 Å². The normalized spacial score (nSPS) is 16.6. The molecule has 2 aliphatic rings. The molecule has 0 amide bonds. The summed E-state index contributed by atoms with van der Waals surface area (Å²) < 4.78 is 11.0. The highest BCUT2D eigenvalue weighted by molar-refractivity contribution is 8.13. The van der Waals surface area contributed by atoms with Crippen molar-refractivity contribution in [3.05, 3.63) is 54.1 Å². The second kappa shape index (κ2) is 7.33. The molecule has 0 fully saturated rings. The van der Waals surface area contributed by atoms with Gasteiger partial charge in [0.1, 0.15) is 5.03 Å². The number of fused-ring (bicyclic) bond motifs is 3. The van der Waals surface area contributed by atoms with E-state index >= 15 is 0 Å². The Hall–Kier alpha value is -2.77. The average molecular weight is 393 g/mol. The maximum atomic E-state index is 9.29. The Morgan fingerprint density at radius 1 is 1.11 bits per heavy atom. The van der Waals surface area contributed by atoms with Gasteiger partial charge in [-0.25, -0.2) is 9.98 Å². The number of aromatic nitrogens is 1. The molecule has 3 heterocycles. The Kier molecular flexibility index (Phi) is 4.54. The molecule has 0 saturated heterocycles. The molecule has 0 aliphatic carbocycles. The smallest absolute Gasteiger partial charge is 0.231 e. The number of hydrogen-bond acceptors (Lipinski definition) is 6. The lowest BCUT2D eigenvalue weighted by molar-refractivity contribution is 0.174. The molecule has 142 valence electrons. The number of benzene rings is 2. The Morgan fingerprint density at radius 2 is 1.93 bits per heavy atom. The molecule has 3 aromatic rings. The first-order chi connectivity index (χ1) is 13.8. The molecule has 5 rings (SSSR count). The predicted octanol–water partition coefficient (Wildman–Crippen LogP) is 3.94. The van der Waals surface area contributed by atoms with Crippen LogP contribution in [0.1, 0.15) is 12.0 Å². The van der Waals surface area contributed by atoms with E-state index in [1.807, 2.05) is 42.5 Å². The van der Waals surface area contributed by atoms with E-state index < -0.39 is 0 Å². The number of pyridine rings is 1. The second-order valence-electron chi connectivity index (χ2n) is 6.68. The van der Waals surface area contributed by atoms with Crippen LogP contribution < -0.4 is 9.47 Å². The van der Waals surface area contributed by atoms with Gasteiger partial charge in [-0.15, -0.1) is 0 Å². The van der Waals surface area contributed by atoms with Gasteiger partial charge in [0, 0.05) is 36.7 Å². The van der Waals surface area contributed by atoms with Gasteiger partial charge in [0.05, 0.1) is 11.2 Å². The highest BCUT2D eigenvalue weighted by Crippen LogP contribution is 2.39. The number of ether oxygens (including phenoxy) is 2. The van der Waals surface area contributed by atoms with Crippen molar-refractivity contribution >= 4 is 33.5 Å². The third-order valence-electron chi connectivity index (χ3n) is 4.74. The van der Waals surface area contributed by atoms with Crippen molar-refractivity contribution in [2.45, 2.75) is 18.0 Å². The van der Waals surface area contributed by atoms with Crippen LogP contribution in [0.2, 0.25) is 0 Å². The van der Waals surface area contributed by atoms with Gasteiger partial charge >= 0.3 is 0 Å². The molecule has 1 aromatic heterocycles. The molecule has 0 unspecified atom stereocenters. The molecular formula is C21H19N3O3S. The van der Waals surface area contributed by atoms with Crippen molar-refractivity contribution in [3.8, 4) is 11.5 Å². The van der Waals surface area contributed by atoms with Crippen LogP contribution >= 0.6 is 11.8 Å². The van der Waals surface area contributed by atoms with Crippen LogP contribution in [0.5, 0.6) is 11.5 Å². The Labute approximate surface area is 166 Å². The van der Waals surface area contributed by atoms with Crippen molar-refractivity contribution in [3.63, 3.8) is 0 Å². The van der Waals surface area contributed by atoms with E-state index in [-0.39, 0.29) is 13.4 Å². The summed E-state index contributed by atoms with van der Waals surface area (Å²) in [6, 6.07) is 16.0. The second-order valence-corrected chi connectivity index (χ2v) is 7.64. The van der Waals surface area contributed by atoms with Crippen molar-refractivity contribution in [1.82, 2.24) is 9.88 Å². The Balaban J connectivity index is 1.55. The number of aliphatic hydroxyl groups excluding tert-OH is 1. The summed E-state index contributed by atoms with van der Waals surface area (Å²) in [6.45, 7) is 1.87. The number of rotatable bonds is 4. The first kappa shape index (κ1) is 17.3. The fraction of sp³-hybridized carbons (Fsp3) is 0.238. The van der Waals surface area contributed by atoms with Gasteiger partial charge in [-0.1, -0.05) is 18.2 Å². The van der Waals surface area contributed by atoms with E-state index in [0.29, 0.717) is 13.0 Å². The lowest BCUT2D eigenvalue weighted by Gasteiger charge is -2.30. The minimum atomic E-state index is 0.159. The third kappa shape index (κ3) is 3.27. The quantitative estimate of drug-likeness (QED) is 0.724. The van der Waals surface area contributed by atoms with Gasteiger partial charge in [-0.2, -0.15) is 0 Å². The molecule has 2 aromatic carbocycles. The van der Waals surface area contributed by atoms with Crippen LogP contribution in [-0.4, -0.2) is 40.1 Å². The largest absolute Gasteiger partial charge is 0.454 e. The first-order valence-electron chi connectivity index (χ1n) is 9.21. The number of aliphatic hydroxyl groups is 1. The summed E-state index contributed by atoms with van der Waals surface area (Å²) in [4.78, 5) is 11.9. The van der Waals surface area contributed by atoms with E-state index in [4.69, 9.17) is 19.5 Å². The molecule has 0 atom stereocenters. The lowest BCUT2D eigenvalue weighted by Crippen LogP contribution is -2.33.